The van der Waals surface area contributed by atoms with E-state index in [9.17, 15) is 0 Å². The first-order chi connectivity index (χ1) is 32.7. The van der Waals surface area contributed by atoms with Crippen LogP contribution in [0.15, 0.2) is 265 Å². The summed E-state index contributed by atoms with van der Waals surface area (Å²) in [6.07, 6.45) is 0. The highest BCUT2D eigenvalue weighted by Gasteiger charge is 2.22. The number of rotatable bonds is 9. The molecule has 0 aliphatic rings. The SMILES string of the molecule is c1ccc(-c2ccc(-c3ccccc3-c3ccccc3-c3ccccc3N(c3cccc(-c4ccc5ccccc5c4)c3)c3cccc(-c4cccc5c4oc4ccccc45)c3)cc2)cc1. The Bertz CT molecular complexity index is 3710. The van der Waals surface area contributed by atoms with Crippen molar-refractivity contribution < 1.29 is 4.42 Å². The summed E-state index contributed by atoms with van der Waals surface area (Å²) >= 11 is 0. The number of nitrogens with zero attached hydrogens (tertiary/aromatic N) is 1. The highest BCUT2D eigenvalue weighted by Crippen LogP contribution is 2.47. The quantitative estimate of drug-likeness (QED) is 0.144. The van der Waals surface area contributed by atoms with Crippen molar-refractivity contribution in [2.45, 2.75) is 0 Å². The molecule has 0 aliphatic heterocycles. The molecule has 11 aromatic carbocycles. The molecular formula is C64H43NO. The zero-order valence-electron chi connectivity index (χ0n) is 36.2. The maximum atomic E-state index is 6.59. The summed E-state index contributed by atoms with van der Waals surface area (Å²) in [5, 5.41) is 4.69. The largest absolute Gasteiger partial charge is 0.455 e. The monoisotopic (exact) mass is 841 g/mol. The molecule has 310 valence electrons. The van der Waals surface area contributed by atoms with Gasteiger partial charge in [0, 0.05) is 33.3 Å². The second-order valence-electron chi connectivity index (χ2n) is 16.8. The molecule has 0 spiro atoms. The Labute approximate surface area is 384 Å². The van der Waals surface area contributed by atoms with Gasteiger partial charge in [-0.1, -0.05) is 218 Å². The van der Waals surface area contributed by atoms with Gasteiger partial charge < -0.3 is 9.32 Å². The van der Waals surface area contributed by atoms with E-state index in [1.165, 1.54) is 49.7 Å². The van der Waals surface area contributed by atoms with E-state index >= 15 is 0 Å². The van der Waals surface area contributed by atoms with Crippen molar-refractivity contribution in [3.63, 3.8) is 0 Å². The molecule has 0 fully saturated rings. The fourth-order valence-corrected chi connectivity index (χ4v) is 9.70. The Morgan fingerprint density at radius 2 is 0.742 bits per heavy atom. The minimum absolute atomic E-state index is 0.890. The van der Waals surface area contributed by atoms with Gasteiger partial charge in [-0.05, 0) is 109 Å². The first-order valence-corrected chi connectivity index (χ1v) is 22.6. The lowest BCUT2D eigenvalue weighted by Crippen LogP contribution is -2.11. The molecule has 1 heterocycles. The summed E-state index contributed by atoms with van der Waals surface area (Å²) in [4.78, 5) is 2.42. The van der Waals surface area contributed by atoms with Gasteiger partial charge in [0.1, 0.15) is 11.2 Å². The fourth-order valence-electron chi connectivity index (χ4n) is 9.70. The van der Waals surface area contributed by atoms with Gasteiger partial charge in [-0.25, -0.2) is 0 Å². The molecule has 0 bridgehead atoms. The van der Waals surface area contributed by atoms with Crippen LogP contribution in [0.4, 0.5) is 17.1 Å². The van der Waals surface area contributed by atoms with Gasteiger partial charge in [0.15, 0.2) is 0 Å². The van der Waals surface area contributed by atoms with Crippen molar-refractivity contribution in [3.8, 4) is 66.8 Å². The standard InChI is InChI=1S/C64H43NO/c1-2-17-44(18-3-1)46-35-38-47(39-36-46)54-25-6-7-26-56(54)57-27-8-9-28-58(57)59-29-10-12-33-62(59)65(52-23-14-21-49(42-52)50-40-37-45-19-4-5-20-48(45)41-50)53-24-15-22-51(43-53)55-31-16-32-61-60-30-11-13-34-63(60)66-64(55)61/h1-43H. The van der Waals surface area contributed by atoms with E-state index in [-0.39, 0.29) is 0 Å². The molecular weight excluding hydrogens is 799 g/mol. The smallest absolute Gasteiger partial charge is 0.143 e. The minimum Gasteiger partial charge on any atom is -0.455 e. The molecule has 0 atom stereocenters. The predicted molar refractivity (Wildman–Crippen MR) is 279 cm³/mol. The van der Waals surface area contributed by atoms with Gasteiger partial charge in [-0.3, -0.25) is 0 Å². The van der Waals surface area contributed by atoms with Crippen LogP contribution in [0.25, 0.3) is 99.5 Å². The van der Waals surface area contributed by atoms with Gasteiger partial charge in [-0.2, -0.15) is 0 Å². The van der Waals surface area contributed by atoms with E-state index in [2.05, 4.69) is 260 Å². The van der Waals surface area contributed by atoms with Crippen LogP contribution in [-0.2, 0) is 0 Å². The van der Waals surface area contributed by atoms with Crippen molar-refractivity contribution in [3.05, 3.63) is 261 Å². The van der Waals surface area contributed by atoms with Crippen LogP contribution in [0.5, 0.6) is 0 Å². The van der Waals surface area contributed by atoms with E-state index in [1.54, 1.807) is 0 Å². The van der Waals surface area contributed by atoms with E-state index in [0.29, 0.717) is 0 Å². The molecule has 66 heavy (non-hydrogen) atoms. The molecule has 1 aromatic heterocycles. The van der Waals surface area contributed by atoms with Crippen molar-refractivity contribution >= 4 is 49.8 Å². The van der Waals surface area contributed by atoms with E-state index in [4.69, 9.17) is 4.42 Å². The zero-order chi connectivity index (χ0) is 43.8. The third kappa shape index (κ3) is 7.12. The van der Waals surface area contributed by atoms with Gasteiger partial charge in [-0.15, -0.1) is 0 Å². The molecule has 0 aliphatic carbocycles. The van der Waals surface area contributed by atoms with Gasteiger partial charge >= 0.3 is 0 Å². The van der Waals surface area contributed by atoms with Crippen LogP contribution < -0.4 is 4.90 Å². The van der Waals surface area contributed by atoms with Crippen LogP contribution in [-0.4, -0.2) is 0 Å². The van der Waals surface area contributed by atoms with Crippen LogP contribution in [0.1, 0.15) is 0 Å². The molecule has 0 saturated carbocycles. The van der Waals surface area contributed by atoms with Crippen LogP contribution >= 0.6 is 0 Å². The van der Waals surface area contributed by atoms with Gasteiger partial charge in [0.2, 0.25) is 0 Å². The molecule has 12 rings (SSSR count). The first-order valence-electron chi connectivity index (χ1n) is 22.6. The Balaban J connectivity index is 1.02. The van der Waals surface area contributed by atoms with Crippen molar-refractivity contribution in [1.82, 2.24) is 0 Å². The average Bonchev–Trinajstić information content (AvgIpc) is 3.78. The van der Waals surface area contributed by atoms with Crippen LogP contribution in [0.2, 0.25) is 0 Å². The third-order valence-corrected chi connectivity index (χ3v) is 12.9. The normalized spacial score (nSPS) is 11.3. The van der Waals surface area contributed by atoms with Crippen LogP contribution in [0.3, 0.4) is 0 Å². The second kappa shape index (κ2) is 16.8. The number of anilines is 3. The molecule has 0 amide bonds. The summed E-state index contributed by atoms with van der Waals surface area (Å²) in [7, 11) is 0. The molecule has 0 unspecified atom stereocenters. The van der Waals surface area contributed by atoms with E-state index in [0.717, 1.165) is 66.8 Å². The summed E-state index contributed by atoms with van der Waals surface area (Å²) in [6, 6.07) is 94.0. The minimum atomic E-state index is 0.890. The molecule has 0 radical (unpaired) electrons. The van der Waals surface area contributed by atoms with Gasteiger partial charge in [0.05, 0.1) is 5.69 Å². The predicted octanol–water partition coefficient (Wildman–Crippen LogP) is 18.2. The zero-order valence-corrected chi connectivity index (χ0v) is 36.2. The number of fused-ring (bicyclic) bond motifs is 4. The maximum absolute atomic E-state index is 6.59. The summed E-state index contributed by atoms with van der Waals surface area (Å²) in [5.41, 5.74) is 18.8. The Hall–Kier alpha value is -8.72. The maximum Gasteiger partial charge on any atom is 0.143 e. The van der Waals surface area contributed by atoms with Gasteiger partial charge in [0.25, 0.3) is 0 Å². The van der Waals surface area contributed by atoms with E-state index in [1.807, 2.05) is 6.07 Å². The first kappa shape index (κ1) is 38.9. The summed E-state index contributed by atoms with van der Waals surface area (Å²) in [6.45, 7) is 0. The lowest BCUT2D eigenvalue weighted by molar-refractivity contribution is 0.670. The Morgan fingerprint density at radius 1 is 0.258 bits per heavy atom. The molecule has 2 heteroatoms. The number of hydrogen-bond donors (Lipinski definition) is 0. The van der Waals surface area contributed by atoms with E-state index < -0.39 is 0 Å². The van der Waals surface area contributed by atoms with Crippen molar-refractivity contribution in [1.29, 1.82) is 0 Å². The molecule has 0 N–H and O–H groups in total. The number of para-hydroxylation sites is 3. The number of hydrogen-bond acceptors (Lipinski definition) is 2. The Morgan fingerprint density at radius 3 is 1.53 bits per heavy atom. The molecule has 2 nitrogen and oxygen atoms in total. The average molecular weight is 842 g/mol. The van der Waals surface area contributed by atoms with Crippen LogP contribution in [0, 0.1) is 0 Å². The molecule has 12 aromatic rings. The summed E-state index contributed by atoms with van der Waals surface area (Å²) in [5.74, 6) is 0. The lowest BCUT2D eigenvalue weighted by Gasteiger charge is -2.29. The number of benzene rings is 11. The molecule has 0 saturated heterocycles. The highest BCUT2D eigenvalue weighted by molar-refractivity contribution is 6.10. The third-order valence-electron chi connectivity index (χ3n) is 12.9. The fraction of sp³-hybridized carbons (Fsp3) is 0. The second-order valence-corrected chi connectivity index (χ2v) is 16.8. The Kier molecular flexibility index (Phi) is 9.89. The summed E-state index contributed by atoms with van der Waals surface area (Å²) < 4.78 is 6.59. The van der Waals surface area contributed by atoms with Crippen molar-refractivity contribution in [2.24, 2.45) is 0 Å². The number of furan rings is 1. The highest BCUT2D eigenvalue weighted by atomic mass is 16.3. The topological polar surface area (TPSA) is 16.4 Å². The lowest BCUT2D eigenvalue weighted by atomic mass is 9.88. The van der Waals surface area contributed by atoms with Crippen molar-refractivity contribution in [2.75, 3.05) is 4.90 Å².